The van der Waals surface area contributed by atoms with Gasteiger partial charge >= 0.3 is 5.56 Å². The number of nitrogens with one attached hydrogen (secondary N) is 2. The standard InChI is InChI=1S/C23H36N11O15P3/c1-4-33(18-16(26-2)20(36)30-22(24)28-18)15-7-32(3)6-11(46-15)8-44-50(38,39)48-52(42,43)49-51(40,41)45-9-13-12(35)5-14(47-13)34-10-27-17-19(34)29-23(25)31-21(17)37/h4,10-15,26,35H,1,5-9H2,2-3H3,(H,38,39)(H,40,41)(H,42,43)(H3,24,28,30,36)(H3,25,29,31,37)/p-2/t11-,12-,13?,14?,15?/m0/s1. The molecule has 2 aliphatic heterocycles. The lowest BCUT2D eigenvalue weighted by atomic mass is 10.2. The van der Waals surface area contributed by atoms with E-state index >= 15 is 0 Å². The summed E-state index contributed by atoms with van der Waals surface area (Å²) in [5.74, 6) is -0.328. The van der Waals surface area contributed by atoms with Gasteiger partial charge in [0.25, 0.3) is 29.0 Å². The van der Waals surface area contributed by atoms with E-state index in [-0.39, 0.29) is 54.1 Å². The van der Waals surface area contributed by atoms with Crippen molar-refractivity contribution in [1.29, 1.82) is 0 Å². The number of nitrogen functional groups attached to an aromatic ring is 2. The Bertz CT molecular complexity index is 2060. The number of nitrogens with zero attached hydrogens (tertiary/aromatic N) is 6. The minimum absolute atomic E-state index is 0.00408. The first-order chi connectivity index (χ1) is 24.3. The second-order valence-corrected chi connectivity index (χ2v) is 15.8. The second kappa shape index (κ2) is 15.5. The number of aliphatic hydroxyl groups excluding tert-OH is 1. The van der Waals surface area contributed by atoms with Crippen LogP contribution in [-0.2, 0) is 40.8 Å². The molecular weight excluding hydrogens is 763 g/mol. The zero-order valence-corrected chi connectivity index (χ0v) is 29.9. The Morgan fingerprint density at radius 3 is 2.35 bits per heavy atom. The molecule has 3 aromatic heterocycles. The fourth-order valence-corrected chi connectivity index (χ4v) is 8.77. The molecule has 0 radical (unpaired) electrons. The predicted octanol–water partition coefficient (Wildman–Crippen LogP) is -4.38. The number of aromatic nitrogens is 6. The van der Waals surface area contributed by atoms with Crippen molar-refractivity contribution in [3.8, 4) is 0 Å². The normalized spacial score (nSPS) is 26.1. The Kier molecular flexibility index (Phi) is 11.9. The van der Waals surface area contributed by atoms with Crippen LogP contribution >= 0.6 is 23.5 Å². The molecule has 3 aromatic rings. The van der Waals surface area contributed by atoms with Gasteiger partial charge in [-0.3, -0.25) is 42.7 Å². The predicted molar refractivity (Wildman–Crippen MR) is 170 cm³/mol. The lowest BCUT2D eigenvalue weighted by Crippen LogP contribution is -2.75. The number of hydrogen-bond acceptors (Lipinski definition) is 22. The van der Waals surface area contributed by atoms with E-state index in [1.807, 2.05) is 0 Å². The number of rotatable bonds is 15. The summed E-state index contributed by atoms with van der Waals surface area (Å²) < 4.78 is 66.8. The summed E-state index contributed by atoms with van der Waals surface area (Å²) in [6.45, 7) is 2.20. The van der Waals surface area contributed by atoms with E-state index < -0.39 is 78.6 Å². The van der Waals surface area contributed by atoms with Gasteiger partial charge in [-0.1, -0.05) is 6.58 Å². The Morgan fingerprint density at radius 2 is 1.69 bits per heavy atom. The maximum absolute atomic E-state index is 12.4. The number of quaternary nitrogens is 1. The van der Waals surface area contributed by atoms with Crippen LogP contribution in [0.1, 0.15) is 12.6 Å². The van der Waals surface area contributed by atoms with E-state index in [4.69, 9.17) is 20.9 Å². The quantitative estimate of drug-likeness (QED) is 0.0791. The zero-order valence-electron chi connectivity index (χ0n) is 27.2. The molecule has 9 N–H and O–H groups in total. The highest BCUT2D eigenvalue weighted by molar-refractivity contribution is 7.65. The first-order valence-corrected chi connectivity index (χ1v) is 19.3. The van der Waals surface area contributed by atoms with Crippen LogP contribution < -0.4 is 47.5 Å². The summed E-state index contributed by atoms with van der Waals surface area (Å²) in [6, 6.07) is 0. The van der Waals surface area contributed by atoms with Crippen LogP contribution in [-0.4, -0.2) is 104 Å². The SMILES string of the molecule is C=CN(c1nc(N)[nH]c(=O)c1[NH2+]C)C1CN(C)C[C@@H](COP(=O)([O-])OP(=O)([O-])OP(=O)([O-])OCC2OC(n3cnc4c(=O)[nH]c(N)nc43)C[C@@H]2O)O1. The van der Waals surface area contributed by atoms with Gasteiger partial charge in [0, 0.05) is 25.7 Å². The van der Waals surface area contributed by atoms with Crippen LogP contribution in [0.15, 0.2) is 28.7 Å². The summed E-state index contributed by atoms with van der Waals surface area (Å²) in [7, 11) is -14.7. The van der Waals surface area contributed by atoms with Crippen molar-refractivity contribution in [2.24, 2.45) is 0 Å². The first kappa shape index (κ1) is 39.8. The van der Waals surface area contributed by atoms with Crippen LogP contribution in [0.4, 0.5) is 23.4 Å². The fourth-order valence-electron chi connectivity index (χ4n) is 5.36. The number of phosphoric acid groups is 3. The Balaban J connectivity index is 1.15. The Morgan fingerprint density at radius 1 is 1.06 bits per heavy atom. The van der Waals surface area contributed by atoms with Crippen LogP contribution in [0.25, 0.3) is 11.2 Å². The van der Waals surface area contributed by atoms with Gasteiger partial charge in [-0.2, -0.15) is 9.97 Å². The number of phosphoric ester groups is 2. The Labute approximate surface area is 292 Å². The molecule has 5 heterocycles. The molecule has 288 valence electrons. The highest BCUT2D eigenvalue weighted by Gasteiger charge is 2.38. The van der Waals surface area contributed by atoms with Crippen molar-refractivity contribution in [2.45, 2.75) is 37.2 Å². The summed E-state index contributed by atoms with van der Waals surface area (Å²) in [5, 5.41) is 11.9. The molecule has 0 spiro atoms. The molecule has 2 fully saturated rings. The van der Waals surface area contributed by atoms with Crippen LogP contribution in [0, 0.1) is 0 Å². The van der Waals surface area contributed by atoms with Gasteiger partial charge in [0.2, 0.25) is 23.4 Å². The van der Waals surface area contributed by atoms with Crippen molar-refractivity contribution in [3.05, 3.63) is 39.8 Å². The topological polar surface area (TPSA) is 380 Å². The molecule has 0 aliphatic carbocycles. The molecule has 5 rings (SSSR count). The summed E-state index contributed by atoms with van der Waals surface area (Å²) in [4.78, 5) is 81.3. The molecule has 0 bridgehead atoms. The minimum atomic E-state index is -6.22. The maximum Gasteiger partial charge on any atom is 0.315 e. The van der Waals surface area contributed by atoms with Crippen molar-refractivity contribution in [1.82, 2.24) is 34.4 Å². The van der Waals surface area contributed by atoms with Gasteiger partial charge in [0.05, 0.1) is 38.8 Å². The molecule has 52 heavy (non-hydrogen) atoms. The Hall–Kier alpha value is -3.42. The summed E-state index contributed by atoms with van der Waals surface area (Å²) in [6.07, 6.45) is -3.43. The highest BCUT2D eigenvalue weighted by atomic mass is 31.3. The third kappa shape index (κ3) is 9.38. The number of ether oxygens (including phenoxy) is 2. The van der Waals surface area contributed by atoms with Crippen molar-refractivity contribution in [3.63, 3.8) is 0 Å². The number of nitrogens with two attached hydrogens (primary N) is 3. The number of hydrogen-bond donors (Lipinski definition) is 6. The summed E-state index contributed by atoms with van der Waals surface area (Å²) in [5.41, 5.74) is 10.2. The number of imidazole rings is 1. The molecule has 2 aliphatic rings. The van der Waals surface area contributed by atoms with Gasteiger partial charge in [0.1, 0.15) is 18.6 Å². The molecule has 8 atom stereocenters. The molecular formula is C23H34N11O15P3-2. The van der Waals surface area contributed by atoms with E-state index in [1.165, 1.54) is 27.3 Å². The monoisotopic (exact) mass is 797 g/mol. The van der Waals surface area contributed by atoms with Crippen LogP contribution in [0.5, 0.6) is 0 Å². The molecule has 0 saturated carbocycles. The molecule has 29 heteroatoms. The number of aliphatic hydroxyl groups is 1. The van der Waals surface area contributed by atoms with Gasteiger partial charge in [-0.15, -0.1) is 0 Å². The zero-order chi connectivity index (χ0) is 38.2. The minimum Gasteiger partial charge on any atom is -0.756 e. The maximum atomic E-state index is 12.4. The largest absolute Gasteiger partial charge is 0.756 e. The first-order valence-electron chi connectivity index (χ1n) is 14.9. The lowest BCUT2D eigenvalue weighted by Gasteiger charge is -2.41. The third-order valence-corrected chi connectivity index (χ3v) is 11.6. The average Bonchev–Trinajstić information content (AvgIpc) is 3.61. The van der Waals surface area contributed by atoms with Crippen LogP contribution in [0.3, 0.4) is 0 Å². The molecule has 6 unspecified atom stereocenters. The molecule has 0 aromatic carbocycles. The molecule has 2 saturated heterocycles. The smallest absolute Gasteiger partial charge is 0.315 e. The van der Waals surface area contributed by atoms with Gasteiger partial charge in [0.15, 0.2) is 11.2 Å². The number of H-pyrrole nitrogens is 2. The lowest BCUT2D eigenvalue weighted by molar-refractivity contribution is -0.540. The van der Waals surface area contributed by atoms with E-state index in [1.54, 1.807) is 19.0 Å². The van der Waals surface area contributed by atoms with E-state index in [9.17, 15) is 43.1 Å². The van der Waals surface area contributed by atoms with Gasteiger partial charge < -0.3 is 60.0 Å². The number of anilines is 3. The highest BCUT2D eigenvalue weighted by Crippen LogP contribution is 2.63. The number of fused-ring (bicyclic) bond motifs is 1. The van der Waals surface area contributed by atoms with E-state index in [0.29, 0.717) is 0 Å². The van der Waals surface area contributed by atoms with E-state index in [0.717, 1.165) is 0 Å². The number of morpholine rings is 1. The fraction of sp³-hybridized carbons (Fsp3) is 0.522. The van der Waals surface area contributed by atoms with Crippen LogP contribution in [0.2, 0.25) is 0 Å². The van der Waals surface area contributed by atoms with Crippen molar-refractivity contribution < 1.29 is 65.9 Å². The summed E-state index contributed by atoms with van der Waals surface area (Å²) >= 11 is 0. The van der Waals surface area contributed by atoms with Crippen molar-refractivity contribution in [2.75, 3.05) is 56.8 Å². The number of likely N-dealkylation sites (N-methyl/N-ethyl adjacent to an activating group) is 1. The third-order valence-electron chi connectivity index (χ3n) is 7.51. The van der Waals surface area contributed by atoms with E-state index in [2.05, 4.69) is 49.2 Å². The average molecular weight is 798 g/mol. The number of aromatic amines is 2. The van der Waals surface area contributed by atoms with Gasteiger partial charge in [-0.25, -0.2) is 13.6 Å². The second-order valence-electron chi connectivity index (χ2n) is 11.3. The van der Waals surface area contributed by atoms with Crippen molar-refractivity contribution >= 4 is 58.0 Å². The van der Waals surface area contributed by atoms with Gasteiger partial charge in [-0.05, 0) is 7.05 Å². The molecule has 0 amide bonds. The molecule has 26 nitrogen and oxygen atoms in total.